The summed E-state index contributed by atoms with van der Waals surface area (Å²) in [5.41, 5.74) is 6.55. The van der Waals surface area contributed by atoms with Gasteiger partial charge in [0.15, 0.2) is 11.0 Å². The molecule has 15 heavy (non-hydrogen) atoms. The van der Waals surface area contributed by atoms with Crippen molar-refractivity contribution in [2.24, 2.45) is 0 Å². The van der Waals surface area contributed by atoms with Gasteiger partial charge in [0.25, 0.3) is 0 Å². The number of aryl methyl sites for hydroxylation is 2. The van der Waals surface area contributed by atoms with Gasteiger partial charge < -0.3 is 10.3 Å². The van der Waals surface area contributed by atoms with Crippen molar-refractivity contribution >= 4 is 28.2 Å². The van der Waals surface area contributed by atoms with Crippen molar-refractivity contribution in [3.8, 4) is 0 Å². The number of thiazole rings is 1. The van der Waals surface area contributed by atoms with Gasteiger partial charge in [0.1, 0.15) is 0 Å². The lowest BCUT2D eigenvalue weighted by molar-refractivity contribution is 0.387. The minimum absolute atomic E-state index is 0.594. The van der Waals surface area contributed by atoms with Gasteiger partial charge in [-0.25, -0.2) is 4.98 Å². The third-order valence-electron chi connectivity index (χ3n) is 1.67. The molecule has 0 aromatic carbocycles. The summed E-state index contributed by atoms with van der Waals surface area (Å²) in [5.74, 6) is 1.94. The fourth-order valence-electron chi connectivity index (χ4n) is 1.06. The first-order valence-corrected chi connectivity index (χ1v) is 6.10. The molecular weight excluding hydrogens is 232 g/mol. The highest BCUT2D eigenvalue weighted by Gasteiger charge is 2.09. The Hall–Kier alpha value is -1.08. The Morgan fingerprint density at radius 3 is 2.73 bits per heavy atom. The Kier molecular flexibility index (Phi) is 2.92. The first-order chi connectivity index (χ1) is 7.15. The van der Waals surface area contributed by atoms with Gasteiger partial charge in [-0.1, -0.05) is 16.5 Å². The molecular formula is C8H10N4OS2. The van der Waals surface area contributed by atoms with Crippen LogP contribution in [0.15, 0.2) is 8.73 Å². The molecule has 0 spiro atoms. The van der Waals surface area contributed by atoms with Crippen LogP contribution in [-0.4, -0.2) is 15.1 Å². The van der Waals surface area contributed by atoms with Gasteiger partial charge in [-0.2, -0.15) is 4.98 Å². The van der Waals surface area contributed by atoms with Crippen LogP contribution >= 0.6 is 23.1 Å². The van der Waals surface area contributed by atoms with Crippen LogP contribution in [0.2, 0.25) is 0 Å². The van der Waals surface area contributed by atoms with E-state index in [1.165, 1.54) is 11.3 Å². The SMILES string of the molecule is Cc1noc(CSc2sc(N)nc2C)n1. The van der Waals surface area contributed by atoms with E-state index in [0.29, 0.717) is 22.6 Å². The molecule has 5 nitrogen and oxygen atoms in total. The maximum absolute atomic E-state index is 5.60. The number of thioether (sulfide) groups is 1. The molecule has 2 heterocycles. The van der Waals surface area contributed by atoms with E-state index in [1.807, 2.05) is 6.92 Å². The molecule has 80 valence electrons. The Morgan fingerprint density at radius 2 is 2.20 bits per heavy atom. The summed E-state index contributed by atoms with van der Waals surface area (Å²) in [6.45, 7) is 3.74. The first-order valence-electron chi connectivity index (χ1n) is 4.30. The van der Waals surface area contributed by atoms with E-state index in [4.69, 9.17) is 10.3 Å². The third-order valence-corrected chi connectivity index (χ3v) is 4.00. The molecule has 0 saturated heterocycles. The lowest BCUT2D eigenvalue weighted by Gasteiger charge is -1.93. The van der Waals surface area contributed by atoms with E-state index in [0.717, 1.165) is 9.90 Å². The number of nitrogens with two attached hydrogens (primary N) is 1. The first kappa shape index (κ1) is 10.4. The second-order valence-electron chi connectivity index (χ2n) is 2.95. The molecule has 0 saturated carbocycles. The van der Waals surface area contributed by atoms with Crippen LogP contribution in [-0.2, 0) is 5.75 Å². The molecule has 0 bridgehead atoms. The van der Waals surface area contributed by atoms with Crippen LogP contribution in [0.4, 0.5) is 5.13 Å². The summed E-state index contributed by atoms with van der Waals surface area (Å²) < 4.78 is 6.10. The summed E-state index contributed by atoms with van der Waals surface area (Å²) in [5, 5.41) is 4.31. The van der Waals surface area contributed by atoms with Gasteiger partial charge in [0.2, 0.25) is 5.89 Å². The predicted molar refractivity (Wildman–Crippen MR) is 59.9 cm³/mol. The average molecular weight is 242 g/mol. The van der Waals surface area contributed by atoms with Gasteiger partial charge >= 0.3 is 0 Å². The van der Waals surface area contributed by atoms with Crippen molar-refractivity contribution in [3.63, 3.8) is 0 Å². The topological polar surface area (TPSA) is 77.8 Å². The highest BCUT2D eigenvalue weighted by molar-refractivity contribution is 8.00. The van der Waals surface area contributed by atoms with Crippen molar-refractivity contribution in [2.75, 3.05) is 5.73 Å². The van der Waals surface area contributed by atoms with Crippen LogP contribution in [0.3, 0.4) is 0 Å². The van der Waals surface area contributed by atoms with E-state index >= 15 is 0 Å². The van der Waals surface area contributed by atoms with Gasteiger partial charge in [-0.15, -0.1) is 11.8 Å². The molecule has 0 atom stereocenters. The summed E-state index contributed by atoms with van der Waals surface area (Å²) in [4.78, 5) is 8.25. The Morgan fingerprint density at radius 1 is 1.40 bits per heavy atom. The second kappa shape index (κ2) is 4.19. The van der Waals surface area contributed by atoms with E-state index in [1.54, 1.807) is 18.7 Å². The van der Waals surface area contributed by atoms with Crippen molar-refractivity contribution in [2.45, 2.75) is 23.8 Å². The summed E-state index contributed by atoms with van der Waals surface area (Å²) in [7, 11) is 0. The number of anilines is 1. The van der Waals surface area contributed by atoms with Crippen LogP contribution < -0.4 is 5.73 Å². The second-order valence-corrected chi connectivity index (χ2v) is 5.22. The molecule has 0 aliphatic rings. The molecule has 0 radical (unpaired) electrons. The Labute approximate surface area is 95.1 Å². The minimum atomic E-state index is 0.594. The van der Waals surface area contributed by atoms with Crippen LogP contribution in [0.25, 0.3) is 0 Å². The molecule has 2 aromatic heterocycles. The zero-order valence-electron chi connectivity index (χ0n) is 8.35. The smallest absolute Gasteiger partial charge is 0.237 e. The highest BCUT2D eigenvalue weighted by atomic mass is 32.2. The highest BCUT2D eigenvalue weighted by Crippen LogP contribution is 2.32. The van der Waals surface area contributed by atoms with Crippen molar-refractivity contribution < 1.29 is 4.52 Å². The van der Waals surface area contributed by atoms with E-state index in [2.05, 4.69) is 15.1 Å². The van der Waals surface area contributed by atoms with Crippen LogP contribution in [0.5, 0.6) is 0 Å². The Bertz CT molecular complexity index is 465. The lowest BCUT2D eigenvalue weighted by Crippen LogP contribution is -1.81. The maximum atomic E-state index is 5.60. The minimum Gasteiger partial charge on any atom is -0.375 e. The van der Waals surface area contributed by atoms with E-state index in [9.17, 15) is 0 Å². The number of rotatable bonds is 3. The quantitative estimate of drug-likeness (QED) is 0.830. The summed E-state index contributed by atoms with van der Waals surface area (Å²) in [6, 6.07) is 0. The number of hydrogen-bond acceptors (Lipinski definition) is 7. The molecule has 0 fully saturated rings. The van der Waals surface area contributed by atoms with Gasteiger partial charge in [0.05, 0.1) is 15.7 Å². The molecule has 7 heteroatoms. The number of aromatic nitrogens is 3. The largest absolute Gasteiger partial charge is 0.375 e. The fraction of sp³-hybridized carbons (Fsp3) is 0.375. The van der Waals surface area contributed by atoms with Crippen LogP contribution in [0, 0.1) is 13.8 Å². The number of nitrogen functional groups attached to an aromatic ring is 1. The molecule has 2 aromatic rings. The third kappa shape index (κ3) is 2.48. The monoisotopic (exact) mass is 242 g/mol. The summed E-state index contributed by atoms with van der Waals surface area (Å²) >= 11 is 3.09. The molecule has 2 rings (SSSR count). The fourth-order valence-corrected chi connectivity index (χ4v) is 2.92. The van der Waals surface area contributed by atoms with Crippen molar-refractivity contribution in [1.82, 2.24) is 15.1 Å². The zero-order valence-corrected chi connectivity index (χ0v) is 9.98. The maximum Gasteiger partial charge on any atom is 0.237 e. The normalized spacial score (nSPS) is 10.8. The van der Waals surface area contributed by atoms with E-state index < -0.39 is 0 Å². The Balaban J connectivity index is 2.01. The summed E-state index contributed by atoms with van der Waals surface area (Å²) in [6.07, 6.45) is 0. The van der Waals surface area contributed by atoms with Crippen LogP contribution in [0.1, 0.15) is 17.4 Å². The number of nitrogens with zero attached hydrogens (tertiary/aromatic N) is 3. The standard InChI is InChI=1S/C8H10N4OS2/c1-4-7(15-8(9)10-4)14-3-6-11-5(2)12-13-6/h3H2,1-2H3,(H2,9,10). The predicted octanol–water partition coefficient (Wildman–Crippen LogP) is 2.02. The molecule has 0 amide bonds. The molecule has 0 unspecified atom stereocenters. The van der Waals surface area contributed by atoms with E-state index in [-0.39, 0.29) is 0 Å². The van der Waals surface area contributed by atoms with Crippen molar-refractivity contribution in [1.29, 1.82) is 0 Å². The van der Waals surface area contributed by atoms with Gasteiger partial charge in [-0.05, 0) is 13.8 Å². The van der Waals surface area contributed by atoms with Gasteiger partial charge in [-0.3, -0.25) is 0 Å². The molecule has 0 aliphatic heterocycles. The number of hydrogen-bond donors (Lipinski definition) is 1. The zero-order chi connectivity index (χ0) is 10.8. The van der Waals surface area contributed by atoms with Gasteiger partial charge in [0, 0.05) is 0 Å². The lowest BCUT2D eigenvalue weighted by atomic mass is 10.6. The molecule has 0 aliphatic carbocycles. The average Bonchev–Trinajstić information content (AvgIpc) is 2.70. The molecule has 2 N–H and O–H groups in total. The van der Waals surface area contributed by atoms with Crippen molar-refractivity contribution in [3.05, 3.63) is 17.4 Å².